The fraction of sp³-hybridized carbons (Fsp3) is 0.286. The SMILES string of the molecule is Cc1c(N2CCN(Cc3cc(Cl)ccc3Cl)CC2)ccc2oc(C(=O)O)cc12.Cc1c(N2CCN(Cc3cccc(F)c3)CC2)ccc2oc(C(=O)O)cc12. The summed E-state index contributed by atoms with van der Waals surface area (Å²) in [6.07, 6.45) is 0. The zero-order valence-corrected chi connectivity index (χ0v) is 32.0. The van der Waals surface area contributed by atoms with Crippen molar-refractivity contribution in [2.24, 2.45) is 0 Å². The first-order valence-corrected chi connectivity index (χ1v) is 18.8. The monoisotopic (exact) mass is 786 g/mol. The van der Waals surface area contributed by atoms with Gasteiger partial charge >= 0.3 is 11.9 Å². The van der Waals surface area contributed by atoms with Crippen LogP contribution in [0.2, 0.25) is 10.0 Å². The second-order valence-electron chi connectivity index (χ2n) is 14.0. The Bertz CT molecular complexity index is 2360. The average Bonchev–Trinajstić information content (AvgIpc) is 3.82. The normalized spacial score (nSPS) is 15.4. The number of furan rings is 2. The van der Waals surface area contributed by atoms with E-state index >= 15 is 0 Å². The molecule has 0 unspecified atom stereocenters. The number of hydrogen-bond acceptors (Lipinski definition) is 8. The van der Waals surface area contributed by atoms with Crippen LogP contribution in [-0.4, -0.2) is 84.3 Å². The number of nitrogens with zero attached hydrogens (tertiary/aromatic N) is 4. The van der Waals surface area contributed by atoms with Gasteiger partial charge in [0, 0.05) is 97.6 Å². The number of halogens is 3. The van der Waals surface area contributed by atoms with Gasteiger partial charge in [-0.15, -0.1) is 0 Å². The molecule has 0 aliphatic carbocycles. The largest absolute Gasteiger partial charge is 0.475 e. The molecule has 2 aromatic heterocycles. The maximum Gasteiger partial charge on any atom is 0.371 e. The summed E-state index contributed by atoms with van der Waals surface area (Å²) >= 11 is 12.4. The van der Waals surface area contributed by atoms with Crippen molar-refractivity contribution in [2.45, 2.75) is 26.9 Å². The Kier molecular flexibility index (Phi) is 11.4. The highest BCUT2D eigenvalue weighted by molar-refractivity contribution is 6.33. The highest BCUT2D eigenvalue weighted by atomic mass is 35.5. The van der Waals surface area contributed by atoms with E-state index in [4.69, 9.17) is 42.2 Å². The Labute approximate surface area is 327 Å². The van der Waals surface area contributed by atoms with E-state index in [0.717, 1.165) is 115 Å². The molecular formula is C42H41Cl2FN4O6. The number of aromatic carboxylic acids is 2. The van der Waals surface area contributed by atoms with Crippen LogP contribution in [0, 0.1) is 19.7 Å². The first-order valence-electron chi connectivity index (χ1n) is 18.1. The van der Waals surface area contributed by atoms with Crippen molar-refractivity contribution in [1.29, 1.82) is 0 Å². The summed E-state index contributed by atoms with van der Waals surface area (Å²) in [6, 6.07) is 23.2. The molecule has 4 heterocycles. The number of piperazine rings is 2. The number of hydrogen-bond donors (Lipinski definition) is 2. The first-order chi connectivity index (χ1) is 26.4. The molecule has 2 aliphatic rings. The number of carboxylic acid groups (broad SMARTS) is 2. The molecule has 13 heteroatoms. The third-order valence-electron chi connectivity index (χ3n) is 10.4. The molecule has 55 heavy (non-hydrogen) atoms. The van der Waals surface area contributed by atoms with E-state index in [0.29, 0.717) is 16.2 Å². The number of carbonyl (C=O) groups is 2. The van der Waals surface area contributed by atoms with Gasteiger partial charge in [-0.3, -0.25) is 9.80 Å². The summed E-state index contributed by atoms with van der Waals surface area (Å²) in [5.41, 5.74) is 7.52. The molecule has 10 nitrogen and oxygen atoms in total. The van der Waals surface area contributed by atoms with Crippen LogP contribution in [0.15, 0.2) is 87.7 Å². The second-order valence-corrected chi connectivity index (χ2v) is 14.8. The molecule has 0 atom stereocenters. The highest BCUT2D eigenvalue weighted by Crippen LogP contribution is 2.33. The molecule has 2 saturated heterocycles. The van der Waals surface area contributed by atoms with E-state index in [1.54, 1.807) is 30.3 Å². The predicted octanol–water partition coefficient (Wildman–Crippen LogP) is 8.97. The van der Waals surface area contributed by atoms with Crippen molar-refractivity contribution in [1.82, 2.24) is 9.80 Å². The van der Waals surface area contributed by atoms with Crippen LogP contribution in [0.1, 0.15) is 43.4 Å². The third kappa shape index (κ3) is 8.60. The lowest BCUT2D eigenvalue weighted by Gasteiger charge is -2.37. The molecule has 8 rings (SSSR count). The number of anilines is 2. The van der Waals surface area contributed by atoms with Gasteiger partial charge in [0.15, 0.2) is 0 Å². The lowest BCUT2D eigenvalue weighted by molar-refractivity contribution is 0.0655. The van der Waals surface area contributed by atoms with E-state index in [-0.39, 0.29) is 17.3 Å². The van der Waals surface area contributed by atoms with E-state index in [2.05, 4.69) is 19.6 Å². The number of aryl methyl sites for hydroxylation is 2. The van der Waals surface area contributed by atoms with Gasteiger partial charge in [0.1, 0.15) is 17.0 Å². The maximum atomic E-state index is 13.4. The third-order valence-corrected chi connectivity index (χ3v) is 11.0. The molecule has 0 bridgehead atoms. The zero-order valence-electron chi connectivity index (χ0n) is 30.5. The molecule has 0 saturated carbocycles. The molecule has 6 aromatic rings. The van der Waals surface area contributed by atoms with Crippen LogP contribution < -0.4 is 9.80 Å². The number of benzene rings is 4. The molecular weight excluding hydrogens is 746 g/mol. The Morgan fingerprint density at radius 3 is 1.65 bits per heavy atom. The van der Waals surface area contributed by atoms with Crippen molar-refractivity contribution >= 4 is 68.5 Å². The van der Waals surface area contributed by atoms with Gasteiger partial charge in [-0.2, -0.15) is 0 Å². The Morgan fingerprint density at radius 1 is 0.655 bits per heavy atom. The Balaban J connectivity index is 0.000000169. The standard InChI is InChI=1S/C21H20Cl2N2O3.C21H21FN2O3/c1-13-16-11-20(21(26)27)28-19(16)5-4-18(13)25-8-6-24(7-9-25)12-14-10-15(22)2-3-17(14)23;1-14-17-12-20(21(25)26)27-19(17)6-5-18(14)24-9-7-23(8-10-24)13-15-3-2-4-16(22)11-15/h2-5,10-11H,6-9,12H2,1H3,(H,26,27);2-6,11-12H,7-10,13H2,1H3,(H,25,26). The number of fused-ring (bicyclic) bond motifs is 2. The van der Waals surface area contributed by atoms with Crippen LogP contribution in [0.4, 0.5) is 15.8 Å². The van der Waals surface area contributed by atoms with E-state index in [1.807, 2.05) is 56.3 Å². The summed E-state index contributed by atoms with van der Waals surface area (Å²) in [6.45, 7) is 12.6. The van der Waals surface area contributed by atoms with Crippen LogP contribution in [0.5, 0.6) is 0 Å². The molecule has 4 aromatic carbocycles. The van der Waals surface area contributed by atoms with Crippen LogP contribution in [-0.2, 0) is 13.1 Å². The summed E-state index contributed by atoms with van der Waals surface area (Å²) in [4.78, 5) is 31.6. The molecule has 0 spiro atoms. The predicted molar refractivity (Wildman–Crippen MR) is 214 cm³/mol. The highest BCUT2D eigenvalue weighted by Gasteiger charge is 2.23. The van der Waals surface area contributed by atoms with E-state index < -0.39 is 11.9 Å². The summed E-state index contributed by atoms with van der Waals surface area (Å²) < 4.78 is 24.2. The average molecular weight is 788 g/mol. The Hall–Kier alpha value is -5.07. The molecule has 2 N–H and O–H groups in total. The molecule has 0 radical (unpaired) electrons. The minimum Gasteiger partial charge on any atom is -0.475 e. The van der Waals surface area contributed by atoms with Crippen molar-refractivity contribution in [3.63, 3.8) is 0 Å². The van der Waals surface area contributed by atoms with Gasteiger partial charge in [0.05, 0.1) is 0 Å². The molecule has 286 valence electrons. The first kappa shape index (κ1) is 38.2. The van der Waals surface area contributed by atoms with Gasteiger partial charge in [0.2, 0.25) is 11.5 Å². The van der Waals surface area contributed by atoms with Crippen molar-refractivity contribution in [3.8, 4) is 0 Å². The van der Waals surface area contributed by atoms with Gasteiger partial charge in [-0.1, -0.05) is 35.3 Å². The number of carboxylic acids is 2. The minimum atomic E-state index is -1.06. The van der Waals surface area contributed by atoms with Gasteiger partial charge in [-0.25, -0.2) is 14.0 Å². The van der Waals surface area contributed by atoms with E-state index in [9.17, 15) is 14.0 Å². The fourth-order valence-electron chi connectivity index (χ4n) is 7.47. The van der Waals surface area contributed by atoms with Crippen molar-refractivity contribution in [3.05, 3.63) is 128 Å². The van der Waals surface area contributed by atoms with Crippen LogP contribution in [0.25, 0.3) is 21.9 Å². The topological polar surface area (TPSA) is 114 Å². The van der Waals surface area contributed by atoms with Gasteiger partial charge < -0.3 is 28.8 Å². The summed E-state index contributed by atoms with van der Waals surface area (Å²) in [5, 5.41) is 21.4. The molecule has 2 aliphatic heterocycles. The minimum absolute atomic E-state index is 0.0292. The Morgan fingerprint density at radius 2 is 1.16 bits per heavy atom. The van der Waals surface area contributed by atoms with Gasteiger partial charge in [0.25, 0.3) is 0 Å². The smallest absolute Gasteiger partial charge is 0.371 e. The molecule has 0 amide bonds. The summed E-state index contributed by atoms with van der Waals surface area (Å²) in [7, 11) is 0. The lowest BCUT2D eigenvalue weighted by atomic mass is 10.1. The lowest BCUT2D eigenvalue weighted by Crippen LogP contribution is -2.46. The van der Waals surface area contributed by atoms with Crippen molar-refractivity contribution < 1.29 is 33.0 Å². The number of rotatable bonds is 8. The van der Waals surface area contributed by atoms with Gasteiger partial charge in [-0.05, 0) is 103 Å². The molecule has 2 fully saturated rings. The zero-order chi connectivity index (χ0) is 38.8. The van der Waals surface area contributed by atoms with Crippen molar-refractivity contribution in [2.75, 3.05) is 62.2 Å². The summed E-state index contributed by atoms with van der Waals surface area (Å²) in [5.74, 6) is -2.37. The second kappa shape index (κ2) is 16.3. The van der Waals surface area contributed by atoms with Crippen LogP contribution >= 0.6 is 23.2 Å². The van der Waals surface area contributed by atoms with E-state index in [1.165, 1.54) is 6.07 Å². The maximum absolute atomic E-state index is 13.4. The quantitative estimate of drug-likeness (QED) is 0.155. The van der Waals surface area contributed by atoms with Crippen LogP contribution in [0.3, 0.4) is 0 Å². The fourth-order valence-corrected chi connectivity index (χ4v) is 7.84.